The fraction of sp³-hybridized carbons (Fsp3) is 0.261. The fourth-order valence-electron chi connectivity index (χ4n) is 3.71. The number of amides is 1. The Morgan fingerprint density at radius 2 is 1.97 bits per heavy atom. The van der Waals surface area contributed by atoms with Crippen molar-refractivity contribution in [1.29, 1.82) is 0 Å². The van der Waals surface area contributed by atoms with Crippen LogP contribution in [-0.2, 0) is 4.74 Å². The first-order valence-corrected chi connectivity index (χ1v) is 11.1. The van der Waals surface area contributed by atoms with Crippen molar-refractivity contribution in [3.63, 3.8) is 0 Å². The Labute approximate surface area is 186 Å². The molecule has 1 saturated heterocycles. The van der Waals surface area contributed by atoms with Gasteiger partial charge in [-0.25, -0.2) is 14.2 Å². The SMILES string of the molecule is O=C(c1cc2ccccc2oc1=O)N(CCN1CCOCC1)c1nc2ccc(F)cc2s1. The zero-order valence-electron chi connectivity index (χ0n) is 17.1. The quantitative estimate of drug-likeness (QED) is 0.431. The van der Waals surface area contributed by atoms with Crippen LogP contribution < -0.4 is 10.5 Å². The number of aromatic nitrogens is 1. The van der Waals surface area contributed by atoms with Gasteiger partial charge in [-0.05, 0) is 30.3 Å². The first-order chi connectivity index (χ1) is 15.6. The maximum atomic E-state index is 13.7. The van der Waals surface area contributed by atoms with Crippen molar-refractivity contribution in [2.45, 2.75) is 0 Å². The third-order valence-corrected chi connectivity index (χ3v) is 6.47. The molecule has 3 heterocycles. The van der Waals surface area contributed by atoms with Crippen LogP contribution in [0.25, 0.3) is 21.2 Å². The molecule has 0 aliphatic carbocycles. The smallest absolute Gasteiger partial charge is 0.349 e. The molecule has 5 rings (SSSR count). The molecule has 0 saturated carbocycles. The largest absolute Gasteiger partial charge is 0.422 e. The van der Waals surface area contributed by atoms with Crippen molar-refractivity contribution in [3.8, 4) is 0 Å². The molecule has 4 aromatic rings. The number of thiazole rings is 1. The Balaban J connectivity index is 1.52. The first kappa shape index (κ1) is 20.7. The van der Waals surface area contributed by atoms with Gasteiger partial charge >= 0.3 is 5.63 Å². The van der Waals surface area contributed by atoms with E-state index >= 15 is 0 Å². The van der Waals surface area contributed by atoms with Gasteiger partial charge in [0.1, 0.15) is 17.0 Å². The average Bonchev–Trinajstić information content (AvgIpc) is 3.22. The lowest BCUT2D eigenvalue weighted by Gasteiger charge is -2.29. The number of benzene rings is 2. The molecule has 2 aromatic heterocycles. The number of nitrogens with zero attached hydrogens (tertiary/aromatic N) is 3. The molecule has 2 aromatic carbocycles. The van der Waals surface area contributed by atoms with Crippen LogP contribution in [0.2, 0.25) is 0 Å². The third-order valence-electron chi connectivity index (χ3n) is 5.43. The molecule has 0 unspecified atom stereocenters. The first-order valence-electron chi connectivity index (χ1n) is 10.3. The molecule has 1 aliphatic heterocycles. The predicted octanol–water partition coefficient (Wildman–Crippen LogP) is 3.52. The van der Waals surface area contributed by atoms with E-state index in [-0.39, 0.29) is 11.4 Å². The number of fused-ring (bicyclic) bond motifs is 2. The van der Waals surface area contributed by atoms with Gasteiger partial charge in [0.15, 0.2) is 5.13 Å². The standard InChI is InChI=1S/C23H20FN3O4S/c24-16-5-6-18-20(14-16)32-23(25-18)27(8-7-26-9-11-30-12-10-26)21(28)17-13-15-3-1-2-4-19(15)31-22(17)29/h1-6,13-14H,7-12H2. The number of ether oxygens (including phenoxy) is 1. The number of para-hydroxylation sites is 1. The lowest BCUT2D eigenvalue weighted by molar-refractivity contribution is 0.0391. The number of carbonyl (C=O) groups is 1. The number of hydrogen-bond donors (Lipinski definition) is 0. The summed E-state index contributed by atoms with van der Waals surface area (Å²) >= 11 is 1.22. The molecule has 1 amide bonds. The molecule has 164 valence electrons. The van der Waals surface area contributed by atoms with E-state index < -0.39 is 11.5 Å². The molecule has 0 spiro atoms. The van der Waals surface area contributed by atoms with Crippen molar-refractivity contribution >= 4 is 43.6 Å². The van der Waals surface area contributed by atoms with Crippen LogP contribution in [0, 0.1) is 5.82 Å². The normalized spacial score (nSPS) is 14.8. The van der Waals surface area contributed by atoms with Crippen LogP contribution in [0.15, 0.2) is 57.7 Å². The number of halogens is 1. The highest BCUT2D eigenvalue weighted by Crippen LogP contribution is 2.30. The maximum Gasteiger partial charge on any atom is 0.349 e. The summed E-state index contributed by atoms with van der Waals surface area (Å²) in [7, 11) is 0. The van der Waals surface area contributed by atoms with Crippen LogP contribution in [-0.4, -0.2) is 55.2 Å². The highest BCUT2D eigenvalue weighted by atomic mass is 32.1. The number of anilines is 1. The van der Waals surface area contributed by atoms with Gasteiger partial charge < -0.3 is 9.15 Å². The molecular weight excluding hydrogens is 433 g/mol. The summed E-state index contributed by atoms with van der Waals surface area (Å²) in [6.07, 6.45) is 0. The van der Waals surface area contributed by atoms with Crippen LogP contribution in [0.5, 0.6) is 0 Å². The minimum absolute atomic E-state index is 0.0592. The number of hydrogen-bond acceptors (Lipinski definition) is 7. The highest BCUT2D eigenvalue weighted by molar-refractivity contribution is 7.22. The lowest BCUT2D eigenvalue weighted by atomic mass is 10.1. The van der Waals surface area contributed by atoms with Crippen molar-refractivity contribution < 1.29 is 18.3 Å². The van der Waals surface area contributed by atoms with E-state index in [0.717, 1.165) is 13.1 Å². The van der Waals surface area contributed by atoms with Crippen molar-refractivity contribution in [2.75, 3.05) is 44.3 Å². The summed E-state index contributed by atoms with van der Waals surface area (Å²) < 4.78 is 25.1. The number of carbonyl (C=O) groups excluding carboxylic acids is 1. The Bertz CT molecular complexity index is 1350. The molecule has 1 fully saturated rings. The Kier molecular flexibility index (Phi) is 5.69. The molecule has 0 atom stereocenters. The van der Waals surface area contributed by atoms with Gasteiger partial charge in [-0.3, -0.25) is 14.6 Å². The molecule has 1 aliphatic rings. The molecular formula is C23H20FN3O4S. The average molecular weight is 453 g/mol. The molecule has 0 bridgehead atoms. The van der Waals surface area contributed by atoms with Gasteiger partial charge in [0.05, 0.1) is 23.4 Å². The summed E-state index contributed by atoms with van der Waals surface area (Å²) in [6, 6.07) is 12.9. The highest BCUT2D eigenvalue weighted by Gasteiger charge is 2.26. The van der Waals surface area contributed by atoms with Crippen LogP contribution in [0.1, 0.15) is 10.4 Å². The zero-order chi connectivity index (χ0) is 22.1. The molecule has 7 nitrogen and oxygen atoms in total. The van der Waals surface area contributed by atoms with Gasteiger partial charge in [0.2, 0.25) is 0 Å². The molecule has 32 heavy (non-hydrogen) atoms. The van der Waals surface area contributed by atoms with Crippen LogP contribution in [0.4, 0.5) is 9.52 Å². The topological polar surface area (TPSA) is 75.9 Å². The monoisotopic (exact) mass is 453 g/mol. The van der Waals surface area contributed by atoms with E-state index in [1.807, 2.05) is 6.07 Å². The lowest BCUT2D eigenvalue weighted by Crippen LogP contribution is -2.44. The summed E-state index contributed by atoms with van der Waals surface area (Å²) in [5.41, 5.74) is 0.263. The summed E-state index contributed by atoms with van der Waals surface area (Å²) in [6.45, 7) is 3.74. The predicted molar refractivity (Wildman–Crippen MR) is 121 cm³/mol. The summed E-state index contributed by atoms with van der Waals surface area (Å²) in [5.74, 6) is -0.855. The van der Waals surface area contributed by atoms with Crippen molar-refractivity contribution in [3.05, 3.63) is 70.3 Å². The number of morpholine rings is 1. The minimum atomic E-state index is -0.697. The van der Waals surface area contributed by atoms with Crippen molar-refractivity contribution in [2.24, 2.45) is 0 Å². The van der Waals surface area contributed by atoms with Gasteiger partial charge in [0.25, 0.3) is 5.91 Å². The van der Waals surface area contributed by atoms with Gasteiger partial charge in [-0.15, -0.1) is 0 Å². The second-order valence-corrected chi connectivity index (χ2v) is 8.51. The maximum absolute atomic E-state index is 13.7. The Morgan fingerprint density at radius 1 is 1.16 bits per heavy atom. The van der Waals surface area contributed by atoms with E-state index in [1.54, 1.807) is 30.3 Å². The number of rotatable bonds is 5. The van der Waals surface area contributed by atoms with Crippen LogP contribution >= 0.6 is 11.3 Å². The summed E-state index contributed by atoms with van der Waals surface area (Å²) in [5, 5.41) is 1.08. The Hall–Kier alpha value is -3.14. The van der Waals surface area contributed by atoms with Gasteiger partial charge in [-0.2, -0.15) is 0 Å². The van der Waals surface area contributed by atoms with Gasteiger partial charge in [-0.1, -0.05) is 29.5 Å². The van der Waals surface area contributed by atoms with Crippen molar-refractivity contribution in [1.82, 2.24) is 9.88 Å². The van der Waals surface area contributed by atoms with E-state index in [2.05, 4.69) is 9.88 Å². The van der Waals surface area contributed by atoms with E-state index in [0.29, 0.717) is 52.6 Å². The Morgan fingerprint density at radius 3 is 2.81 bits per heavy atom. The third kappa shape index (κ3) is 4.14. The zero-order valence-corrected chi connectivity index (χ0v) is 17.9. The van der Waals surface area contributed by atoms with E-state index in [1.165, 1.54) is 28.4 Å². The van der Waals surface area contributed by atoms with Crippen LogP contribution in [0.3, 0.4) is 0 Å². The second kappa shape index (κ2) is 8.78. The van der Waals surface area contributed by atoms with Gasteiger partial charge in [0, 0.05) is 31.6 Å². The summed E-state index contributed by atoms with van der Waals surface area (Å²) in [4.78, 5) is 34.4. The van der Waals surface area contributed by atoms with E-state index in [9.17, 15) is 14.0 Å². The molecule has 0 N–H and O–H groups in total. The minimum Gasteiger partial charge on any atom is -0.422 e. The van der Waals surface area contributed by atoms with E-state index in [4.69, 9.17) is 9.15 Å². The second-order valence-electron chi connectivity index (χ2n) is 7.50. The molecule has 0 radical (unpaired) electrons. The molecule has 9 heteroatoms. The fourth-order valence-corrected chi connectivity index (χ4v) is 4.72.